The lowest BCUT2D eigenvalue weighted by molar-refractivity contribution is -0.187. The van der Waals surface area contributed by atoms with Crippen LogP contribution in [0.3, 0.4) is 0 Å². The average Bonchev–Trinajstić information content (AvgIpc) is 2.84. The van der Waals surface area contributed by atoms with Gasteiger partial charge in [0.05, 0.1) is 26.7 Å². The molecule has 208 valence electrons. The lowest BCUT2D eigenvalue weighted by Gasteiger charge is -2.37. The number of halogens is 3. The number of thioether (sulfide) groups is 1. The first-order chi connectivity index (χ1) is 16.6. The Morgan fingerprint density at radius 3 is 1.81 bits per heavy atom. The van der Waals surface area contributed by atoms with Crippen LogP contribution in [0.15, 0.2) is 0 Å². The Kier molecular flexibility index (Phi) is 13.8. The molecule has 36 heavy (non-hydrogen) atoms. The summed E-state index contributed by atoms with van der Waals surface area (Å²) in [4.78, 5) is 65.0. The number of methoxy groups -OCH3 is 3. The van der Waals surface area contributed by atoms with Crippen LogP contribution in [0.25, 0.3) is 0 Å². The lowest BCUT2D eigenvalue weighted by Crippen LogP contribution is -2.59. The summed E-state index contributed by atoms with van der Waals surface area (Å²) in [6.45, 7) is 1.49. The van der Waals surface area contributed by atoms with Crippen LogP contribution in [0.4, 0.5) is 13.2 Å². The largest absolute Gasteiger partial charge is 0.471 e. The van der Waals surface area contributed by atoms with Gasteiger partial charge in [0.2, 0.25) is 11.8 Å². The van der Waals surface area contributed by atoms with Gasteiger partial charge in [-0.25, -0.2) is 4.79 Å². The van der Waals surface area contributed by atoms with Crippen molar-refractivity contribution in [2.45, 2.75) is 50.2 Å². The first-order valence-electron chi connectivity index (χ1n) is 10.6. The molecule has 4 unspecified atom stereocenters. The highest BCUT2D eigenvalue weighted by molar-refractivity contribution is 7.98. The molecular weight excluding hydrogens is 511 g/mol. The quantitative estimate of drug-likeness (QED) is 0.306. The Hall–Kier alpha value is -2.55. The van der Waals surface area contributed by atoms with Crippen molar-refractivity contribution in [3.05, 3.63) is 0 Å². The molecule has 0 radical (unpaired) electrons. The summed E-state index contributed by atoms with van der Waals surface area (Å²) >= 11 is 1.24. The number of esters is 2. The highest BCUT2D eigenvalue weighted by Gasteiger charge is 2.46. The second-order valence-electron chi connectivity index (χ2n) is 7.81. The van der Waals surface area contributed by atoms with Gasteiger partial charge in [0.15, 0.2) is 6.04 Å². The SMILES string of the molecule is COC(=O)CC(C(=O)N(C)C(C(=O)OC)C(C)OC)N(C)C(=O)C(CCSC)N(C)C(=O)C(F)(F)F. The summed E-state index contributed by atoms with van der Waals surface area (Å²) < 4.78 is 53.7. The smallest absolute Gasteiger partial charge is 0.469 e. The molecule has 11 nitrogen and oxygen atoms in total. The molecule has 0 fully saturated rings. The van der Waals surface area contributed by atoms with E-state index in [1.165, 1.54) is 32.8 Å². The maximum Gasteiger partial charge on any atom is 0.471 e. The van der Waals surface area contributed by atoms with Crippen molar-refractivity contribution in [3.63, 3.8) is 0 Å². The molecule has 3 amide bonds. The Balaban J connectivity index is 6.35. The summed E-state index contributed by atoms with van der Waals surface area (Å²) in [6, 6.07) is -4.42. The van der Waals surface area contributed by atoms with Crippen molar-refractivity contribution in [3.8, 4) is 0 Å². The van der Waals surface area contributed by atoms with E-state index in [9.17, 15) is 37.1 Å². The second-order valence-corrected chi connectivity index (χ2v) is 8.80. The summed E-state index contributed by atoms with van der Waals surface area (Å²) in [7, 11) is 6.63. The van der Waals surface area contributed by atoms with Crippen LogP contribution < -0.4 is 0 Å². The van der Waals surface area contributed by atoms with Gasteiger partial charge in [-0.3, -0.25) is 19.2 Å². The predicted molar refractivity (Wildman–Crippen MR) is 124 cm³/mol. The number of ether oxygens (including phenoxy) is 3. The Labute approximate surface area is 212 Å². The standard InChI is InChI=1S/C21H34F3N3O8S/c1-12(33-5)16(19(31)35-7)27(4)18(30)14(11-15(28)34-6)25(2)17(29)13(9-10-36-8)26(3)20(32)21(22,23)24/h12-14,16H,9-11H2,1-8H3. The zero-order valence-corrected chi connectivity index (χ0v) is 22.4. The number of hydrogen-bond donors (Lipinski definition) is 0. The molecule has 0 aliphatic carbocycles. The van der Waals surface area contributed by atoms with E-state index in [1.54, 1.807) is 6.26 Å². The molecule has 0 heterocycles. The van der Waals surface area contributed by atoms with Crippen LogP contribution in [0.5, 0.6) is 0 Å². The number of nitrogens with zero attached hydrogens (tertiary/aromatic N) is 3. The summed E-state index contributed by atoms with van der Waals surface area (Å²) in [6.07, 6.45) is -5.22. The van der Waals surface area contributed by atoms with Gasteiger partial charge in [-0.1, -0.05) is 0 Å². The fraction of sp³-hybridized carbons (Fsp3) is 0.762. The molecule has 4 atom stereocenters. The molecular formula is C21H34F3N3O8S. The van der Waals surface area contributed by atoms with Crippen molar-refractivity contribution in [1.82, 2.24) is 14.7 Å². The van der Waals surface area contributed by atoms with Crippen molar-refractivity contribution in [1.29, 1.82) is 0 Å². The van der Waals surface area contributed by atoms with E-state index in [-0.39, 0.29) is 17.1 Å². The predicted octanol–water partition coefficient (Wildman–Crippen LogP) is 0.554. The molecule has 0 aromatic heterocycles. The highest BCUT2D eigenvalue weighted by Crippen LogP contribution is 2.23. The number of hydrogen-bond acceptors (Lipinski definition) is 9. The van der Waals surface area contributed by atoms with Gasteiger partial charge in [0.25, 0.3) is 0 Å². The minimum atomic E-state index is -5.23. The fourth-order valence-corrected chi connectivity index (χ4v) is 3.82. The van der Waals surface area contributed by atoms with Gasteiger partial charge in [-0.05, 0) is 25.4 Å². The first kappa shape index (κ1) is 33.4. The Morgan fingerprint density at radius 2 is 1.39 bits per heavy atom. The van der Waals surface area contributed by atoms with Crippen molar-refractivity contribution in [2.75, 3.05) is 54.5 Å². The number of alkyl halides is 3. The summed E-state index contributed by atoms with van der Waals surface area (Å²) in [5.74, 6) is -5.64. The average molecular weight is 546 g/mol. The topological polar surface area (TPSA) is 123 Å². The lowest BCUT2D eigenvalue weighted by atomic mass is 10.0. The number of carbonyl (C=O) groups is 5. The van der Waals surface area contributed by atoms with Gasteiger partial charge in [0, 0.05) is 28.3 Å². The van der Waals surface area contributed by atoms with E-state index in [4.69, 9.17) is 9.47 Å². The molecule has 0 aliphatic rings. The van der Waals surface area contributed by atoms with E-state index in [1.807, 2.05) is 0 Å². The van der Waals surface area contributed by atoms with E-state index < -0.39 is 66.5 Å². The highest BCUT2D eigenvalue weighted by atomic mass is 32.2. The number of carbonyl (C=O) groups excluding carboxylic acids is 5. The molecule has 15 heteroatoms. The van der Waals surface area contributed by atoms with E-state index in [0.29, 0.717) is 0 Å². The fourth-order valence-electron chi connectivity index (χ4n) is 3.36. The molecule has 0 saturated heterocycles. The summed E-state index contributed by atoms with van der Waals surface area (Å²) in [5, 5.41) is 0. The Bertz CT molecular complexity index is 799. The maximum atomic E-state index is 13.4. The normalized spacial score (nSPS) is 14.6. The molecule has 0 rings (SSSR count). The molecule has 0 spiro atoms. The third kappa shape index (κ3) is 8.84. The van der Waals surface area contributed by atoms with Crippen LogP contribution in [0, 0.1) is 0 Å². The van der Waals surface area contributed by atoms with E-state index >= 15 is 0 Å². The number of amides is 3. The van der Waals surface area contributed by atoms with Crippen LogP contribution in [0.2, 0.25) is 0 Å². The maximum absolute atomic E-state index is 13.4. The van der Waals surface area contributed by atoms with Crippen LogP contribution in [-0.2, 0) is 38.2 Å². The van der Waals surface area contributed by atoms with Gasteiger partial charge < -0.3 is 28.9 Å². The minimum Gasteiger partial charge on any atom is -0.469 e. The second kappa shape index (κ2) is 14.9. The van der Waals surface area contributed by atoms with Crippen molar-refractivity contribution < 1.29 is 51.4 Å². The van der Waals surface area contributed by atoms with Crippen LogP contribution in [-0.4, -0.2) is 129 Å². The van der Waals surface area contributed by atoms with E-state index in [2.05, 4.69) is 4.74 Å². The summed E-state index contributed by atoms with van der Waals surface area (Å²) in [5.41, 5.74) is 0. The molecule has 0 aromatic carbocycles. The molecule has 0 N–H and O–H groups in total. The molecule has 0 aliphatic heterocycles. The van der Waals surface area contributed by atoms with Crippen LogP contribution >= 0.6 is 11.8 Å². The minimum absolute atomic E-state index is 0.150. The Morgan fingerprint density at radius 1 is 0.861 bits per heavy atom. The molecule has 0 aromatic rings. The van der Waals surface area contributed by atoms with Crippen LogP contribution in [0.1, 0.15) is 19.8 Å². The monoisotopic (exact) mass is 545 g/mol. The van der Waals surface area contributed by atoms with Crippen molar-refractivity contribution in [2.24, 2.45) is 0 Å². The zero-order chi connectivity index (χ0) is 28.4. The third-order valence-electron chi connectivity index (χ3n) is 5.62. The van der Waals surface area contributed by atoms with Gasteiger partial charge in [-0.2, -0.15) is 24.9 Å². The third-order valence-corrected chi connectivity index (χ3v) is 6.27. The van der Waals surface area contributed by atoms with Gasteiger partial charge in [0.1, 0.15) is 12.1 Å². The number of likely N-dealkylation sites (N-methyl/N-ethyl adjacent to an activating group) is 3. The first-order valence-corrected chi connectivity index (χ1v) is 12.0. The van der Waals surface area contributed by atoms with E-state index in [0.717, 1.165) is 38.1 Å². The van der Waals surface area contributed by atoms with Gasteiger partial charge in [-0.15, -0.1) is 0 Å². The molecule has 0 bridgehead atoms. The van der Waals surface area contributed by atoms with Crippen molar-refractivity contribution >= 4 is 41.4 Å². The number of rotatable bonds is 13. The van der Waals surface area contributed by atoms with Gasteiger partial charge >= 0.3 is 24.0 Å². The zero-order valence-electron chi connectivity index (χ0n) is 21.6. The molecule has 0 saturated carbocycles.